The number of methoxy groups -OCH3 is 1. The highest BCUT2D eigenvalue weighted by atomic mass is 32.2. The largest absolute Gasteiger partial charge is 0.493 e. The van der Waals surface area contributed by atoms with E-state index in [0.29, 0.717) is 23.8 Å². The van der Waals surface area contributed by atoms with Crippen LogP contribution in [0.25, 0.3) is 0 Å². The minimum absolute atomic E-state index is 0.0537. The number of thiazole rings is 1. The number of nitrogens with one attached hydrogen (secondary N) is 1. The van der Waals surface area contributed by atoms with E-state index in [-0.39, 0.29) is 57.4 Å². The quantitative estimate of drug-likeness (QED) is 0.287. The fourth-order valence-corrected chi connectivity index (χ4v) is 10.8. The van der Waals surface area contributed by atoms with Crippen LogP contribution in [0.5, 0.6) is 11.5 Å². The van der Waals surface area contributed by atoms with E-state index in [1.54, 1.807) is 18.9 Å². The molecule has 9 heteroatoms. The van der Waals surface area contributed by atoms with Gasteiger partial charge in [0.05, 0.1) is 29.7 Å². The van der Waals surface area contributed by atoms with Crippen molar-refractivity contribution in [3.05, 3.63) is 105 Å². The Bertz CT molecular complexity index is 1750. The number of hydrogen-bond donors (Lipinski definition) is 1. The van der Waals surface area contributed by atoms with E-state index in [2.05, 4.69) is 11.1 Å². The maximum Gasteiger partial charge on any atom is 0.305 e. The number of benzene rings is 3. The molecule has 1 saturated heterocycles. The highest BCUT2D eigenvalue weighted by Crippen LogP contribution is 2.68. The van der Waals surface area contributed by atoms with Crippen LogP contribution in [0.1, 0.15) is 28.3 Å². The Morgan fingerprint density at radius 3 is 2.33 bits per heavy atom. The van der Waals surface area contributed by atoms with E-state index in [1.165, 1.54) is 16.2 Å². The number of carbonyl (C=O) groups excluding carboxylic acids is 2. The molecule has 1 N–H and O–H groups in total. The Balaban J connectivity index is 1.16. The third-order valence-electron chi connectivity index (χ3n) is 9.52. The summed E-state index contributed by atoms with van der Waals surface area (Å²) in [5.41, 5.74) is 2.74. The molecule has 212 valence electrons. The first-order valence-electron chi connectivity index (χ1n) is 14.2. The molecular formula is C33H28N2O5S2. The second-order valence-corrected chi connectivity index (χ2v) is 13.7. The van der Waals surface area contributed by atoms with Gasteiger partial charge in [-0.3, -0.25) is 19.3 Å². The van der Waals surface area contributed by atoms with Crippen LogP contribution in [0, 0.1) is 29.6 Å². The van der Waals surface area contributed by atoms with Gasteiger partial charge in [0.25, 0.3) is 0 Å². The molecule has 2 aliphatic carbocycles. The highest BCUT2D eigenvalue weighted by molar-refractivity contribution is 8.00. The van der Waals surface area contributed by atoms with Crippen LogP contribution in [0.4, 0.5) is 5.69 Å². The monoisotopic (exact) mass is 596 g/mol. The molecule has 2 bridgehead atoms. The first-order chi connectivity index (χ1) is 20.5. The van der Waals surface area contributed by atoms with Gasteiger partial charge in [0.2, 0.25) is 11.8 Å². The maximum absolute atomic E-state index is 13.9. The number of para-hydroxylation sites is 1. The molecule has 2 amide bonds. The van der Waals surface area contributed by atoms with Gasteiger partial charge in [0.1, 0.15) is 6.61 Å². The molecule has 7 atom stereocenters. The zero-order chi connectivity index (χ0) is 28.5. The summed E-state index contributed by atoms with van der Waals surface area (Å²) in [4.78, 5) is 45.7. The summed E-state index contributed by atoms with van der Waals surface area (Å²) in [5.74, 6) is 0.639. The van der Waals surface area contributed by atoms with Gasteiger partial charge in [-0.2, -0.15) is 0 Å². The Hall–Kier alpha value is -3.82. The summed E-state index contributed by atoms with van der Waals surface area (Å²) >= 11 is 2.95. The molecule has 3 aromatic carbocycles. The Morgan fingerprint density at radius 1 is 0.881 bits per heavy atom. The van der Waals surface area contributed by atoms with Gasteiger partial charge in [-0.15, -0.1) is 11.8 Å². The lowest BCUT2D eigenvalue weighted by molar-refractivity contribution is -0.123. The van der Waals surface area contributed by atoms with Gasteiger partial charge < -0.3 is 14.5 Å². The second kappa shape index (κ2) is 9.88. The van der Waals surface area contributed by atoms with Crippen molar-refractivity contribution in [2.45, 2.75) is 29.2 Å². The normalized spacial score (nSPS) is 28.9. The number of hydrogen-bond acceptors (Lipinski definition) is 7. The van der Waals surface area contributed by atoms with Crippen molar-refractivity contribution in [2.75, 3.05) is 12.0 Å². The number of carbonyl (C=O) groups is 2. The number of anilines is 1. The number of amides is 2. The van der Waals surface area contributed by atoms with Gasteiger partial charge in [-0.25, -0.2) is 0 Å². The van der Waals surface area contributed by atoms with E-state index in [9.17, 15) is 14.4 Å². The number of H-pyrrole nitrogens is 1. The smallest absolute Gasteiger partial charge is 0.305 e. The van der Waals surface area contributed by atoms with Crippen molar-refractivity contribution in [3.63, 3.8) is 0 Å². The number of ether oxygens (including phenoxy) is 2. The van der Waals surface area contributed by atoms with E-state index >= 15 is 0 Å². The predicted octanol–water partition coefficient (Wildman–Crippen LogP) is 5.70. The lowest BCUT2D eigenvalue weighted by Gasteiger charge is -2.43. The summed E-state index contributed by atoms with van der Waals surface area (Å²) in [6.07, 6.45) is 0.850. The Labute approximate surface area is 250 Å². The molecule has 7 nitrogen and oxygen atoms in total. The standard InChI is InChI=1S/C33H28N2O5S2/c1-39-23-14-18(12-13-22(23)40-16-17-8-4-2-5-9-17)24-25-20-15-21(28(25)41-30-29(24)42-33(38)34-30)27-26(20)31(36)35(32(27)37)19-10-6-3-7-11-19/h2-14,20-21,24-28H,15-16H2,1H3,(H,34,38)/t20?,21?,24-,25?,26?,27?,28?/m1/s1. The van der Waals surface area contributed by atoms with Gasteiger partial charge >= 0.3 is 4.87 Å². The van der Waals surface area contributed by atoms with Crippen molar-refractivity contribution in [3.8, 4) is 11.5 Å². The highest BCUT2D eigenvalue weighted by Gasteiger charge is 2.69. The zero-order valence-corrected chi connectivity index (χ0v) is 24.4. The third kappa shape index (κ3) is 3.83. The van der Waals surface area contributed by atoms with Crippen LogP contribution >= 0.6 is 23.1 Å². The first-order valence-corrected chi connectivity index (χ1v) is 15.9. The lowest BCUT2D eigenvalue weighted by atomic mass is 9.68. The predicted molar refractivity (Wildman–Crippen MR) is 161 cm³/mol. The van der Waals surface area contributed by atoms with Crippen molar-refractivity contribution in [1.29, 1.82) is 0 Å². The average molecular weight is 597 g/mol. The van der Waals surface area contributed by atoms with Crippen LogP contribution < -0.4 is 19.2 Å². The molecular weight excluding hydrogens is 569 g/mol. The van der Waals surface area contributed by atoms with Crippen LogP contribution in [0.3, 0.4) is 0 Å². The minimum atomic E-state index is -0.334. The summed E-state index contributed by atoms with van der Waals surface area (Å²) in [7, 11) is 1.64. The lowest BCUT2D eigenvalue weighted by Crippen LogP contribution is -2.42. The molecule has 6 unspecified atom stereocenters. The maximum atomic E-state index is 13.9. The van der Waals surface area contributed by atoms with E-state index in [0.717, 1.165) is 27.5 Å². The number of fused-ring (bicyclic) bond motifs is 9. The number of imide groups is 1. The fraction of sp³-hybridized carbons (Fsp3) is 0.303. The minimum Gasteiger partial charge on any atom is -0.493 e. The number of thioether (sulfide) groups is 1. The summed E-state index contributed by atoms with van der Waals surface area (Å²) < 4.78 is 11.9. The van der Waals surface area contributed by atoms with E-state index < -0.39 is 0 Å². The number of aromatic amines is 1. The fourth-order valence-electron chi connectivity index (χ4n) is 7.95. The van der Waals surface area contributed by atoms with Gasteiger partial charge in [0.15, 0.2) is 11.5 Å². The second-order valence-electron chi connectivity index (χ2n) is 11.5. The van der Waals surface area contributed by atoms with Crippen LogP contribution in [0.2, 0.25) is 0 Å². The number of rotatable bonds is 6. The molecule has 3 fully saturated rings. The zero-order valence-electron chi connectivity index (χ0n) is 22.8. The molecule has 3 heterocycles. The molecule has 4 aliphatic rings. The molecule has 1 aromatic heterocycles. The van der Waals surface area contributed by atoms with Gasteiger partial charge in [-0.05, 0) is 59.6 Å². The SMILES string of the molecule is COc1cc([C@H]2c3sc(=O)[nH]c3SC3C4CC(C5C(=O)N(c6ccccc6)C(=O)C45)C32)ccc1OCc1ccccc1. The van der Waals surface area contributed by atoms with E-state index in [4.69, 9.17) is 9.47 Å². The summed E-state index contributed by atoms with van der Waals surface area (Å²) in [5, 5.41) is 1.02. The Morgan fingerprint density at radius 2 is 1.60 bits per heavy atom. The average Bonchev–Trinajstić information content (AvgIpc) is 3.75. The van der Waals surface area contributed by atoms with Crippen molar-refractivity contribution >= 4 is 40.6 Å². The van der Waals surface area contributed by atoms with Crippen molar-refractivity contribution in [2.24, 2.45) is 29.6 Å². The number of aromatic nitrogens is 1. The summed E-state index contributed by atoms with van der Waals surface area (Å²) in [6.45, 7) is 0.422. The molecule has 2 saturated carbocycles. The Kier molecular flexibility index (Phi) is 6.08. The third-order valence-corrected chi connectivity index (χ3v) is 12.1. The van der Waals surface area contributed by atoms with E-state index in [1.807, 2.05) is 72.8 Å². The van der Waals surface area contributed by atoms with Crippen molar-refractivity contribution in [1.82, 2.24) is 4.98 Å². The summed E-state index contributed by atoms with van der Waals surface area (Å²) in [6, 6.07) is 25.3. The molecule has 4 aromatic rings. The van der Waals surface area contributed by atoms with Crippen LogP contribution in [-0.2, 0) is 16.2 Å². The van der Waals surface area contributed by atoms with Crippen molar-refractivity contribution < 1.29 is 19.1 Å². The topological polar surface area (TPSA) is 88.7 Å². The molecule has 2 aliphatic heterocycles. The molecule has 42 heavy (non-hydrogen) atoms. The van der Waals surface area contributed by atoms with Crippen LogP contribution in [0.15, 0.2) is 88.7 Å². The number of nitrogens with zero attached hydrogens (tertiary/aromatic N) is 1. The van der Waals surface area contributed by atoms with Crippen LogP contribution in [-0.4, -0.2) is 29.2 Å². The molecule has 8 rings (SSSR count). The molecule has 0 spiro atoms. The first kappa shape index (κ1) is 25.9. The van der Waals surface area contributed by atoms with Gasteiger partial charge in [0, 0.05) is 16.0 Å². The van der Waals surface area contributed by atoms with Gasteiger partial charge in [-0.1, -0.05) is 65.9 Å². The molecule has 0 radical (unpaired) electrons.